The van der Waals surface area contributed by atoms with E-state index in [1.807, 2.05) is 12.1 Å². The number of benzene rings is 1. The number of nitrogens with two attached hydrogens (primary N) is 1. The third kappa shape index (κ3) is 2.99. The van der Waals surface area contributed by atoms with Gasteiger partial charge in [0, 0.05) is 5.54 Å². The summed E-state index contributed by atoms with van der Waals surface area (Å²) in [7, 11) is 0. The van der Waals surface area contributed by atoms with Crippen LogP contribution >= 0.6 is 0 Å². The zero-order chi connectivity index (χ0) is 11.4. The quantitative estimate of drug-likeness (QED) is 0.844. The first-order valence-electron chi connectivity index (χ1n) is 6.16. The summed E-state index contributed by atoms with van der Waals surface area (Å²) in [6.07, 6.45) is 5.84. The standard InChI is InChI=1S/C14H21NO/c1-12-4-6-13(7-5-12)16-11-10-14(15)8-2-3-9-14/h4-7H,2-3,8-11,15H2,1H3. The number of hydrogen-bond acceptors (Lipinski definition) is 2. The minimum Gasteiger partial charge on any atom is -0.494 e. The van der Waals surface area contributed by atoms with E-state index in [-0.39, 0.29) is 5.54 Å². The molecule has 0 atom stereocenters. The van der Waals surface area contributed by atoms with Crippen molar-refractivity contribution < 1.29 is 4.74 Å². The zero-order valence-corrected chi connectivity index (χ0v) is 10.0. The summed E-state index contributed by atoms with van der Waals surface area (Å²) in [5.41, 5.74) is 7.58. The average molecular weight is 219 g/mol. The van der Waals surface area contributed by atoms with Gasteiger partial charge in [0.25, 0.3) is 0 Å². The second kappa shape index (κ2) is 4.88. The molecule has 0 saturated heterocycles. The fourth-order valence-corrected chi connectivity index (χ4v) is 2.34. The molecule has 2 rings (SSSR count). The van der Waals surface area contributed by atoms with Crippen LogP contribution in [0.2, 0.25) is 0 Å². The van der Waals surface area contributed by atoms with Gasteiger partial charge in [0.15, 0.2) is 0 Å². The van der Waals surface area contributed by atoms with Crippen molar-refractivity contribution in [1.82, 2.24) is 0 Å². The van der Waals surface area contributed by atoms with Crippen LogP contribution in [-0.2, 0) is 0 Å². The smallest absolute Gasteiger partial charge is 0.119 e. The summed E-state index contributed by atoms with van der Waals surface area (Å²) in [6, 6.07) is 8.19. The van der Waals surface area contributed by atoms with Crippen molar-refractivity contribution >= 4 is 0 Å². The molecule has 1 aliphatic rings. The van der Waals surface area contributed by atoms with Crippen LogP contribution in [0, 0.1) is 6.92 Å². The molecule has 0 aliphatic heterocycles. The molecule has 1 aliphatic carbocycles. The summed E-state index contributed by atoms with van der Waals surface area (Å²) < 4.78 is 5.71. The Morgan fingerprint density at radius 3 is 2.44 bits per heavy atom. The van der Waals surface area contributed by atoms with Crippen LogP contribution in [0.1, 0.15) is 37.7 Å². The Kier molecular flexibility index (Phi) is 3.49. The van der Waals surface area contributed by atoms with Crippen molar-refractivity contribution in [3.05, 3.63) is 29.8 Å². The molecule has 0 radical (unpaired) electrons. The largest absolute Gasteiger partial charge is 0.494 e. The Bertz CT molecular complexity index is 325. The summed E-state index contributed by atoms with van der Waals surface area (Å²) in [5.74, 6) is 0.951. The molecule has 16 heavy (non-hydrogen) atoms. The highest BCUT2D eigenvalue weighted by atomic mass is 16.5. The van der Waals surface area contributed by atoms with E-state index in [0.29, 0.717) is 0 Å². The van der Waals surface area contributed by atoms with Crippen molar-refractivity contribution in [1.29, 1.82) is 0 Å². The average Bonchev–Trinajstić information content (AvgIpc) is 2.69. The molecule has 1 aromatic rings. The highest BCUT2D eigenvalue weighted by Gasteiger charge is 2.28. The van der Waals surface area contributed by atoms with E-state index in [9.17, 15) is 0 Å². The van der Waals surface area contributed by atoms with Crippen LogP contribution in [0.3, 0.4) is 0 Å². The lowest BCUT2D eigenvalue weighted by Crippen LogP contribution is -2.37. The molecule has 1 aromatic carbocycles. The number of hydrogen-bond donors (Lipinski definition) is 1. The Morgan fingerprint density at radius 2 is 1.81 bits per heavy atom. The monoisotopic (exact) mass is 219 g/mol. The van der Waals surface area contributed by atoms with Crippen LogP contribution in [0.4, 0.5) is 0 Å². The molecule has 88 valence electrons. The minimum atomic E-state index is 0.0463. The lowest BCUT2D eigenvalue weighted by molar-refractivity contribution is 0.258. The lowest BCUT2D eigenvalue weighted by atomic mass is 9.95. The van der Waals surface area contributed by atoms with Crippen LogP contribution < -0.4 is 10.5 Å². The molecule has 0 heterocycles. The molecule has 0 amide bonds. The first-order chi connectivity index (χ1) is 7.68. The molecule has 2 heteroatoms. The predicted octanol–water partition coefficient (Wildman–Crippen LogP) is 3.04. The van der Waals surface area contributed by atoms with Crippen molar-refractivity contribution in [2.45, 2.75) is 44.6 Å². The first kappa shape index (κ1) is 11.5. The summed E-state index contributed by atoms with van der Waals surface area (Å²) in [4.78, 5) is 0. The normalized spacial score (nSPS) is 18.6. The van der Waals surface area contributed by atoms with Crippen molar-refractivity contribution in [3.63, 3.8) is 0 Å². The molecule has 0 unspecified atom stereocenters. The summed E-state index contributed by atoms with van der Waals surface area (Å²) >= 11 is 0. The number of rotatable bonds is 4. The minimum absolute atomic E-state index is 0.0463. The number of ether oxygens (including phenoxy) is 1. The van der Waals surface area contributed by atoms with Gasteiger partial charge in [0.05, 0.1) is 6.61 Å². The molecule has 2 nitrogen and oxygen atoms in total. The Morgan fingerprint density at radius 1 is 1.19 bits per heavy atom. The second-order valence-electron chi connectivity index (χ2n) is 4.98. The van der Waals surface area contributed by atoms with E-state index in [1.165, 1.54) is 18.4 Å². The van der Waals surface area contributed by atoms with Crippen molar-refractivity contribution in [2.24, 2.45) is 5.73 Å². The van der Waals surface area contributed by atoms with Crippen molar-refractivity contribution in [3.8, 4) is 5.75 Å². The molecular formula is C14H21NO. The van der Waals surface area contributed by atoms with Gasteiger partial charge in [-0.1, -0.05) is 30.5 Å². The van der Waals surface area contributed by atoms with E-state index in [1.54, 1.807) is 0 Å². The highest BCUT2D eigenvalue weighted by Crippen LogP contribution is 2.30. The molecule has 1 saturated carbocycles. The molecule has 0 spiro atoms. The molecule has 2 N–H and O–H groups in total. The van der Waals surface area contributed by atoms with E-state index >= 15 is 0 Å². The van der Waals surface area contributed by atoms with Gasteiger partial charge in [-0.05, 0) is 38.3 Å². The first-order valence-corrected chi connectivity index (χ1v) is 6.16. The topological polar surface area (TPSA) is 35.2 Å². The second-order valence-corrected chi connectivity index (χ2v) is 4.98. The zero-order valence-electron chi connectivity index (χ0n) is 10.0. The van der Waals surface area contributed by atoms with E-state index in [0.717, 1.165) is 31.6 Å². The van der Waals surface area contributed by atoms with E-state index in [2.05, 4.69) is 19.1 Å². The van der Waals surface area contributed by atoms with Gasteiger partial charge >= 0.3 is 0 Å². The van der Waals surface area contributed by atoms with Gasteiger partial charge < -0.3 is 10.5 Å². The van der Waals surface area contributed by atoms with E-state index < -0.39 is 0 Å². The van der Waals surface area contributed by atoms with E-state index in [4.69, 9.17) is 10.5 Å². The highest BCUT2D eigenvalue weighted by molar-refractivity contribution is 5.26. The summed E-state index contributed by atoms with van der Waals surface area (Å²) in [6.45, 7) is 2.82. The van der Waals surface area contributed by atoms with Crippen LogP contribution in [0.15, 0.2) is 24.3 Å². The maximum atomic E-state index is 6.27. The fourth-order valence-electron chi connectivity index (χ4n) is 2.34. The Balaban J connectivity index is 1.77. The van der Waals surface area contributed by atoms with Crippen molar-refractivity contribution in [2.75, 3.05) is 6.61 Å². The SMILES string of the molecule is Cc1ccc(OCCC2(N)CCCC2)cc1. The lowest BCUT2D eigenvalue weighted by Gasteiger charge is -2.23. The molecule has 1 fully saturated rings. The predicted molar refractivity (Wildman–Crippen MR) is 66.7 cm³/mol. The Labute approximate surface area is 97.8 Å². The maximum absolute atomic E-state index is 6.27. The number of aryl methyl sites for hydroxylation is 1. The molecular weight excluding hydrogens is 198 g/mol. The maximum Gasteiger partial charge on any atom is 0.119 e. The van der Waals surface area contributed by atoms with Crippen LogP contribution in [0.25, 0.3) is 0 Å². The third-order valence-corrected chi connectivity index (χ3v) is 3.49. The van der Waals surface area contributed by atoms with Gasteiger partial charge in [-0.3, -0.25) is 0 Å². The summed E-state index contributed by atoms with van der Waals surface area (Å²) in [5, 5.41) is 0. The molecule has 0 bridgehead atoms. The fraction of sp³-hybridized carbons (Fsp3) is 0.571. The van der Waals surface area contributed by atoms with Gasteiger partial charge in [0.1, 0.15) is 5.75 Å². The third-order valence-electron chi connectivity index (χ3n) is 3.49. The van der Waals surface area contributed by atoms with Gasteiger partial charge in [-0.2, -0.15) is 0 Å². The van der Waals surface area contributed by atoms with Crippen LogP contribution in [-0.4, -0.2) is 12.1 Å². The van der Waals surface area contributed by atoms with Gasteiger partial charge in [-0.15, -0.1) is 0 Å². The Hall–Kier alpha value is -1.02. The molecule has 0 aromatic heterocycles. The van der Waals surface area contributed by atoms with Crippen LogP contribution in [0.5, 0.6) is 5.75 Å². The van der Waals surface area contributed by atoms with Gasteiger partial charge in [0.2, 0.25) is 0 Å². The van der Waals surface area contributed by atoms with Gasteiger partial charge in [-0.25, -0.2) is 0 Å².